The number of carbonyl (C=O) groups excluding carboxylic acids is 1. The summed E-state index contributed by atoms with van der Waals surface area (Å²) < 4.78 is 26.2. The number of amides is 1. The molecule has 22 heavy (non-hydrogen) atoms. The Morgan fingerprint density at radius 2 is 1.73 bits per heavy atom. The fourth-order valence-corrected chi connectivity index (χ4v) is 3.83. The minimum absolute atomic E-state index is 0.134. The smallest absolute Gasteiger partial charge is 0.270 e. The minimum Gasteiger partial charge on any atom is -0.326 e. The highest BCUT2D eigenvalue weighted by atomic mass is 35.5. The highest BCUT2D eigenvalue weighted by Gasteiger charge is 2.25. The average Bonchev–Trinajstić information content (AvgIpc) is 2.36. The molecule has 0 atom stereocenters. The van der Waals surface area contributed by atoms with Crippen molar-refractivity contribution in [1.29, 1.82) is 0 Å². The topological polar surface area (TPSA) is 96.1 Å². The van der Waals surface area contributed by atoms with Crippen molar-refractivity contribution in [1.82, 2.24) is 9.71 Å². The van der Waals surface area contributed by atoms with Gasteiger partial charge in [0.15, 0.2) is 0 Å². The molecule has 9 heteroatoms. The Hall–Kier alpha value is -1.83. The van der Waals surface area contributed by atoms with Gasteiger partial charge in [0.05, 0.1) is 10.0 Å². The number of sulfonamides is 1. The minimum atomic E-state index is -4.31. The molecule has 1 aromatic carbocycles. The standard InChI is InChI=1S/C13H10Cl2N2O4S/c1-7-5-6-8(12(18)16-7)13(19)17-22(20,21)11-9(14)3-2-4-10(11)15/h2-6H,1H3,(H,16,18)(H,17,19). The van der Waals surface area contributed by atoms with Gasteiger partial charge >= 0.3 is 0 Å². The molecule has 0 saturated heterocycles. The third kappa shape index (κ3) is 3.32. The lowest BCUT2D eigenvalue weighted by Crippen LogP contribution is -2.34. The molecule has 0 spiro atoms. The van der Waals surface area contributed by atoms with E-state index in [2.05, 4.69) is 4.98 Å². The van der Waals surface area contributed by atoms with Gasteiger partial charge in [-0.25, -0.2) is 13.1 Å². The monoisotopic (exact) mass is 360 g/mol. The lowest BCUT2D eigenvalue weighted by molar-refractivity contribution is 0.0980. The van der Waals surface area contributed by atoms with E-state index in [9.17, 15) is 18.0 Å². The molecule has 0 saturated carbocycles. The molecule has 0 bridgehead atoms. The maximum atomic E-state index is 12.2. The van der Waals surface area contributed by atoms with Gasteiger partial charge < -0.3 is 4.98 Å². The number of halogens is 2. The van der Waals surface area contributed by atoms with Crippen LogP contribution >= 0.6 is 23.2 Å². The zero-order valence-corrected chi connectivity index (χ0v) is 13.5. The quantitative estimate of drug-likeness (QED) is 0.875. The second kappa shape index (κ2) is 6.12. The van der Waals surface area contributed by atoms with Gasteiger partial charge in [0, 0.05) is 5.69 Å². The Labute approximate surface area is 136 Å². The fraction of sp³-hybridized carbons (Fsp3) is 0.0769. The summed E-state index contributed by atoms with van der Waals surface area (Å²) in [5.41, 5.74) is -0.492. The van der Waals surface area contributed by atoms with Crippen LogP contribution in [0, 0.1) is 6.92 Å². The van der Waals surface area contributed by atoms with E-state index in [1.54, 1.807) is 11.6 Å². The van der Waals surface area contributed by atoms with Crippen molar-refractivity contribution in [3.8, 4) is 0 Å². The van der Waals surface area contributed by atoms with Gasteiger partial charge in [0.2, 0.25) is 0 Å². The molecule has 2 N–H and O–H groups in total. The van der Waals surface area contributed by atoms with E-state index < -0.39 is 26.4 Å². The summed E-state index contributed by atoms with van der Waals surface area (Å²) in [5, 5.41) is -0.267. The van der Waals surface area contributed by atoms with E-state index in [1.807, 2.05) is 0 Å². The highest BCUT2D eigenvalue weighted by molar-refractivity contribution is 7.90. The molecule has 0 fully saturated rings. The predicted octanol–water partition coefficient (Wildman–Crippen LogP) is 2.11. The van der Waals surface area contributed by atoms with Crippen molar-refractivity contribution in [3.05, 3.63) is 62.0 Å². The summed E-state index contributed by atoms with van der Waals surface area (Å²) in [7, 11) is -4.31. The molecule has 1 amide bonds. The van der Waals surface area contributed by atoms with Gasteiger partial charge in [-0.05, 0) is 31.2 Å². The number of hydrogen-bond acceptors (Lipinski definition) is 4. The second-order valence-electron chi connectivity index (χ2n) is 4.37. The van der Waals surface area contributed by atoms with Crippen LogP contribution in [0.25, 0.3) is 0 Å². The van der Waals surface area contributed by atoms with Crippen molar-refractivity contribution in [2.75, 3.05) is 0 Å². The molecule has 0 aliphatic rings. The molecule has 0 aliphatic carbocycles. The maximum absolute atomic E-state index is 12.2. The van der Waals surface area contributed by atoms with Gasteiger partial charge in [-0.15, -0.1) is 0 Å². The molecule has 0 radical (unpaired) electrons. The number of aromatic nitrogens is 1. The van der Waals surface area contributed by atoms with E-state index in [0.717, 1.165) is 0 Å². The van der Waals surface area contributed by atoms with E-state index in [-0.39, 0.29) is 15.6 Å². The number of nitrogens with one attached hydrogen (secondary N) is 2. The van der Waals surface area contributed by atoms with Crippen molar-refractivity contribution >= 4 is 39.1 Å². The van der Waals surface area contributed by atoms with Gasteiger partial charge in [-0.2, -0.15) is 0 Å². The zero-order valence-electron chi connectivity index (χ0n) is 11.2. The van der Waals surface area contributed by atoms with Crippen molar-refractivity contribution in [2.45, 2.75) is 11.8 Å². The second-order valence-corrected chi connectivity index (χ2v) is 6.80. The van der Waals surface area contributed by atoms with E-state index in [1.165, 1.54) is 30.3 Å². The number of hydrogen-bond donors (Lipinski definition) is 2. The SMILES string of the molecule is Cc1ccc(C(=O)NS(=O)(=O)c2c(Cl)cccc2Cl)c(=O)[nH]1. The number of aryl methyl sites for hydroxylation is 1. The normalized spacial score (nSPS) is 11.2. The van der Waals surface area contributed by atoms with Crippen molar-refractivity contribution in [2.24, 2.45) is 0 Å². The summed E-state index contributed by atoms with van der Waals surface area (Å²) in [5.74, 6) is -1.07. The molecule has 1 aromatic heterocycles. The molecular formula is C13H10Cl2N2O4S. The number of pyridine rings is 1. The molecule has 0 aliphatic heterocycles. The molecule has 0 unspecified atom stereocenters. The lowest BCUT2D eigenvalue weighted by atomic mass is 10.2. The van der Waals surface area contributed by atoms with E-state index in [0.29, 0.717) is 5.69 Å². The summed E-state index contributed by atoms with van der Waals surface area (Å²) in [6, 6.07) is 6.82. The van der Waals surface area contributed by atoms with Crippen LogP contribution in [-0.4, -0.2) is 19.3 Å². The number of rotatable bonds is 3. The fourth-order valence-electron chi connectivity index (χ4n) is 1.72. The Kier molecular flexibility index (Phi) is 4.60. The Bertz CT molecular complexity index is 886. The van der Waals surface area contributed by atoms with Crippen molar-refractivity contribution < 1.29 is 13.2 Å². The first-order chi connectivity index (χ1) is 10.2. The van der Waals surface area contributed by atoms with Gasteiger partial charge in [0.25, 0.3) is 21.5 Å². The van der Waals surface area contributed by atoms with Crippen LogP contribution in [0.5, 0.6) is 0 Å². The summed E-state index contributed by atoms with van der Waals surface area (Å²) in [6.07, 6.45) is 0. The Morgan fingerprint density at radius 3 is 2.27 bits per heavy atom. The Balaban J connectivity index is 2.41. The zero-order chi connectivity index (χ0) is 16.5. The first-order valence-corrected chi connectivity index (χ1v) is 8.17. The van der Waals surface area contributed by atoms with E-state index in [4.69, 9.17) is 23.2 Å². The summed E-state index contributed by atoms with van der Waals surface area (Å²) >= 11 is 11.6. The lowest BCUT2D eigenvalue weighted by Gasteiger charge is -2.09. The molecule has 116 valence electrons. The van der Waals surface area contributed by atoms with Crippen LogP contribution in [-0.2, 0) is 10.0 Å². The predicted molar refractivity (Wildman–Crippen MR) is 82.9 cm³/mol. The molecule has 6 nitrogen and oxygen atoms in total. The third-order valence-corrected chi connectivity index (χ3v) is 5.00. The summed E-state index contributed by atoms with van der Waals surface area (Å²) in [4.78, 5) is 25.6. The number of benzene rings is 1. The van der Waals surface area contributed by atoms with E-state index >= 15 is 0 Å². The van der Waals surface area contributed by atoms with Gasteiger partial charge in [-0.3, -0.25) is 9.59 Å². The maximum Gasteiger partial charge on any atom is 0.270 e. The number of aromatic amines is 1. The molecule has 2 aromatic rings. The van der Waals surface area contributed by atoms with Crippen LogP contribution in [0.4, 0.5) is 0 Å². The number of carbonyl (C=O) groups is 1. The van der Waals surface area contributed by atoms with Crippen LogP contribution in [0.2, 0.25) is 10.0 Å². The largest absolute Gasteiger partial charge is 0.326 e. The third-order valence-electron chi connectivity index (χ3n) is 2.71. The van der Waals surface area contributed by atoms with Crippen LogP contribution in [0.1, 0.15) is 16.1 Å². The van der Waals surface area contributed by atoms with Crippen LogP contribution < -0.4 is 10.3 Å². The Morgan fingerprint density at radius 1 is 1.14 bits per heavy atom. The first kappa shape index (κ1) is 16.5. The number of H-pyrrole nitrogens is 1. The molecule has 1 heterocycles. The highest BCUT2D eigenvalue weighted by Crippen LogP contribution is 2.28. The summed E-state index contributed by atoms with van der Waals surface area (Å²) in [6.45, 7) is 1.63. The molecular weight excluding hydrogens is 351 g/mol. The van der Waals surface area contributed by atoms with Crippen LogP contribution in [0.3, 0.4) is 0 Å². The molecule has 2 rings (SSSR count). The van der Waals surface area contributed by atoms with Crippen LogP contribution in [0.15, 0.2) is 40.0 Å². The van der Waals surface area contributed by atoms with Gasteiger partial charge in [-0.1, -0.05) is 29.3 Å². The average molecular weight is 361 g/mol. The first-order valence-electron chi connectivity index (χ1n) is 5.93. The van der Waals surface area contributed by atoms with Gasteiger partial charge in [0.1, 0.15) is 10.5 Å². The van der Waals surface area contributed by atoms with Crippen molar-refractivity contribution in [3.63, 3.8) is 0 Å².